The number of nitrogens with zero attached hydrogens (tertiary/aromatic N) is 3. The molecule has 1 heterocycles. The third-order valence-corrected chi connectivity index (χ3v) is 4.53. The number of amides is 1. The number of rotatable bonds is 5. The smallest absolute Gasteiger partial charge is 0.352 e. The van der Waals surface area contributed by atoms with Gasteiger partial charge in [-0.25, -0.2) is 13.2 Å². The molecule has 0 aliphatic rings. The van der Waals surface area contributed by atoms with Gasteiger partial charge < -0.3 is 14.6 Å². The van der Waals surface area contributed by atoms with Gasteiger partial charge in [-0.1, -0.05) is 0 Å². The van der Waals surface area contributed by atoms with Crippen molar-refractivity contribution in [2.45, 2.75) is 4.90 Å². The van der Waals surface area contributed by atoms with Crippen LogP contribution in [0.15, 0.2) is 17.2 Å². The second-order valence-electron chi connectivity index (χ2n) is 4.53. The van der Waals surface area contributed by atoms with E-state index in [0.717, 1.165) is 10.4 Å². The van der Waals surface area contributed by atoms with Crippen molar-refractivity contribution < 1.29 is 23.1 Å². The van der Waals surface area contributed by atoms with Gasteiger partial charge in [0, 0.05) is 34.4 Å². The van der Waals surface area contributed by atoms with Gasteiger partial charge in [0.05, 0.1) is 6.54 Å². The van der Waals surface area contributed by atoms with Crippen molar-refractivity contribution in [3.05, 3.63) is 18.0 Å². The molecule has 1 N–H and O–H groups in total. The van der Waals surface area contributed by atoms with E-state index in [2.05, 4.69) is 0 Å². The highest BCUT2D eigenvalue weighted by Gasteiger charge is 2.26. The average Bonchev–Trinajstić information content (AvgIpc) is 2.71. The van der Waals surface area contributed by atoms with E-state index in [9.17, 15) is 18.0 Å². The van der Waals surface area contributed by atoms with E-state index in [0.29, 0.717) is 0 Å². The number of aryl methyl sites for hydroxylation is 1. The maximum Gasteiger partial charge on any atom is 0.352 e. The fourth-order valence-electron chi connectivity index (χ4n) is 1.48. The van der Waals surface area contributed by atoms with Crippen LogP contribution in [0.1, 0.15) is 10.5 Å². The van der Waals surface area contributed by atoms with Crippen LogP contribution in [-0.2, 0) is 21.9 Å². The van der Waals surface area contributed by atoms with E-state index in [1.807, 2.05) is 0 Å². The minimum atomic E-state index is -3.90. The molecule has 8 nitrogen and oxygen atoms in total. The topological polar surface area (TPSA) is 99.9 Å². The SMILES string of the molecule is CN(C)C(=O)CN(C)S(=O)(=O)c1cc(C(=O)O)n(C)c1. The molecule has 0 unspecified atom stereocenters. The van der Waals surface area contributed by atoms with Gasteiger partial charge in [-0.05, 0) is 6.07 Å². The molecule has 20 heavy (non-hydrogen) atoms. The predicted molar refractivity (Wildman–Crippen MR) is 70.9 cm³/mol. The summed E-state index contributed by atoms with van der Waals surface area (Å²) in [6.45, 7) is -0.313. The van der Waals surface area contributed by atoms with E-state index in [-0.39, 0.29) is 23.0 Å². The molecule has 0 saturated carbocycles. The van der Waals surface area contributed by atoms with Crippen LogP contribution >= 0.6 is 0 Å². The number of carboxylic acids is 1. The highest BCUT2D eigenvalue weighted by atomic mass is 32.2. The maximum atomic E-state index is 12.2. The molecule has 0 aromatic carbocycles. The molecule has 0 atom stereocenters. The second kappa shape index (κ2) is 5.63. The summed E-state index contributed by atoms with van der Waals surface area (Å²) in [6, 6.07) is 1.06. The summed E-state index contributed by atoms with van der Waals surface area (Å²) in [5, 5.41) is 8.91. The summed E-state index contributed by atoms with van der Waals surface area (Å²) in [5.41, 5.74) is -0.143. The molecule has 1 aromatic rings. The summed E-state index contributed by atoms with van der Waals surface area (Å²) in [7, 11) is 1.85. The van der Waals surface area contributed by atoms with E-state index in [1.165, 1.54) is 43.9 Å². The number of carbonyl (C=O) groups excluding carboxylic acids is 1. The molecular weight excluding hydrogens is 286 g/mol. The highest BCUT2D eigenvalue weighted by molar-refractivity contribution is 7.89. The Balaban J connectivity index is 3.08. The third-order valence-electron chi connectivity index (χ3n) is 2.76. The minimum Gasteiger partial charge on any atom is -0.477 e. The van der Waals surface area contributed by atoms with Crippen LogP contribution in [0.2, 0.25) is 0 Å². The monoisotopic (exact) mass is 303 g/mol. The van der Waals surface area contributed by atoms with Crippen molar-refractivity contribution in [3.63, 3.8) is 0 Å². The lowest BCUT2D eigenvalue weighted by atomic mass is 10.4. The molecule has 1 aromatic heterocycles. The Kier molecular flexibility index (Phi) is 4.56. The first-order chi connectivity index (χ1) is 9.07. The quantitative estimate of drug-likeness (QED) is 0.785. The largest absolute Gasteiger partial charge is 0.477 e. The van der Waals surface area contributed by atoms with E-state index >= 15 is 0 Å². The van der Waals surface area contributed by atoms with Crippen LogP contribution in [0.4, 0.5) is 0 Å². The Labute approximate surface area is 117 Å². The number of carbonyl (C=O) groups is 2. The van der Waals surface area contributed by atoms with Crippen molar-refractivity contribution in [2.75, 3.05) is 27.7 Å². The van der Waals surface area contributed by atoms with E-state index in [1.54, 1.807) is 0 Å². The third kappa shape index (κ3) is 3.17. The first-order valence-electron chi connectivity index (χ1n) is 5.63. The van der Waals surface area contributed by atoms with Crippen molar-refractivity contribution >= 4 is 21.9 Å². The van der Waals surface area contributed by atoms with Crippen LogP contribution in [0.5, 0.6) is 0 Å². The van der Waals surface area contributed by atoms with E-state index in [4.69, 9.17) is 5.11 Å². The maximum absolute atomic E-state index is 12.2. The molecule has 9 heteroatoms. The van der Waals surface area contributed by atoms with Gasteiger partial charge in [-0.15, -0.1) is 0 Å². The van der Waals surface area contributed by atoms with Crippen LogP contribution in [0.25, 0.3) is 0 Å². The second-order valence-corrected chi connectivity index (χ2v) is 6.57. The zero-order valence-corrected chi connectivity index (χ0v) is 12.5. The highest BCUT2D eigenvalue weighted by Crippen LogP contribution is 2.17. The van der Waals surface area contributed by atoms with Gasteiger partial charge >= 0.3 is 5.97 Å². The fraction of sp³-hybridized carbons (Fsp3) is 0.455. The van der Waals surface area contributed by atoms with Gasteiger partial charge in [0.1, 0.15) is 10.6 Å². The molecular formula is C11H17N3O5S. The average molecular weight is 303 g/mol. The fourth-order valence-corrected chi connectivity index (χ4v) is 2.68. The van der Waals surface area contributed by atoms with Gasteiger partial charge in [-0.3, -0.25) is 4.79 Å². The predicted octanol–water partition coefficient (Wildman–Crippen LogP) is -0.568. The van der Waals surface area contributed by atoms with Crippen LogP contribution in [0.3, 0.4) is 0 Å². The summed E-state index contributed by atoms with van der Waals surface area (Å²) in [5.74, 6) is -1.59. The number of aromatic carboxylic acids is 1. The Morgan fingerprint density at radius 2 is 1.85 bits per heavy atom. The Hall–Kier alpha value is -1.87. The summed E-state index contributed by atoms with van der Waals surface area (Å²) < 4.78 is 26.5. The first-order valence-corrected chi connectivity index (χ1v) is 7.07. The molecule has 0 saturated heterocycles. The summed E-state index contributed by atoms with van der Waals surface area (Å²) in [4.78, 5) is 23.6. The van der Waals surface area contributed by atoms with Crippen LogP contribution in [0, 0.1) is 0 Å². The molecule has 0 aliphatic heterocycles. The lowest BCUT2D eigenvalue weighted by molar-refractivity contribution is -0.128. The zero-order chi connectivity index (χ0) is 15.7. The number of likely N-dealkylation sites (N-methyl/N-ethyl adjacent to an activating group) is 2. The number of carboxylic acid groups (broad SMARTS) is 1. The van der Waals surface area contributed by atoms with Crippen LogP contribution in [-0.4, -0.2) is 66.9 Å². The number of sulfonamides is 1. The normalized spacial score (nSPS) is 11.7. The summed E-state index contributed by atoms with van der Waals surface area (Å²) in [6.07, 6.45) is 1.20. The van der Waals surface area contributed by atoms with Crippen molar-refractivity contribution in [1.82, 2.24) is 13.8 Å². The van der Waals surface area contributed by atoms with Crippen LogP contribution < -0.4 is 0 Å². The van der Waals surface area contributed by atoms with Crippen molar-refractivity contribution in [3.8, 4) is 0 Å². The Morgan fingerprint density at radius 3 is 2.25 bits per heavy atom. The standard InChI is InChI=1S/C11H17N3O5S/c1-12(2)10(15)7-14(4)20(18,19)8-5-9(11(16)17)13(3)6-8/h5-6H,7H2,1-4H3,(H,16,17). The van der Waals surface area contributed by atoms with Crippen molar-refractivity contribution in [1.29, 1.82) is 0 Å². The molecule has 0 fully saturated rings. The zero-order valence-electron chi connectivity index (χ0n) is 11.7. The number of hydrogen-bond donors (Lipinski definition) is 1. The van der Waals surface area contributed by atoms with Gasteiger partial charge in [0.2, 0.25) is 15.9 Å². The van der Waals surface area contributed by atoms with E-state index < -0.39 is 16.0 Å². The lowest BCUT2D eigenvalue weighted by Gasteiger charge is -2.18. The Morgan fingerprint density at radius 1 is 1.30 bits per heavy atom. The van der Waals surface area contributed by atoms with Gasteiger partial charge in [0.25, 0.3) is 0 Å². The molecule has 0 aliphatic carbocycles. The number of hydrogen-bond acceptors (Lipinski definition) is 4. The minimum absolute atomic E-state index is 0.143. The molecule has 0 radical (unpaired) electrons. The molecule has 0 spiro atoms. The molecule has 112 valence electrons. The summed E-state index contributed by atoms with van der Waals surface area (Å²) >= 11 is 0. The molecule has 1 rings (SSSR count). The molecule has 1 amide bonds. The van der Waals surface area contributed by atoms with Crippen molar-refractivity contribution in [2.24, 2.45) is 7.05 Å². The molecule has 0 bridgehead atoms. The Bertz CT molecular complexity index is 632. The first kappa shape index (κ1) is 16.2. The van der Waals surface area contributed by atoms with Gasteiger partial charge in [-0.2, -0.15) is 4.31 Å². The van der Waals surface area contributed by atoms with Gasteiger partial charge in [0.15, 0.2) is 0 Å². The lowest BCUT2D eigenvalue weighted by Crippen LogP contribution is -2.37. The number of aromatic nitrogens is 1.